The number of aromatic nitrogens is 1. The van der Waals surface area contributed by atoms with Gasteiger partial charge in [-0.2, -0.15) is 0 Å². The Hall–Kier alpha value is -1.38. The van der Waals surface area contributed by atoms with Crippen LogP contribution in [0.3, 0.4) is 0 Å². The lowest BCUT2D eigenvalue weighted by atomic mass is 10.1. The van der Waals surface area contributed by atoms with Gasteiger partial charge in [-0.25, -0.2) is 0 Å². The number of hydrogen-bond donors (Lipinski definition) is 1. The van der Waals surface area contributed by atoms with Gasteiger partial charge in [0.05, 0.1) is 0 Å². The second kappa shape index (κ2) is 5.98. The third kappa shape index (κ3) is 3.31. The highest BCUT2D eigenvalue weighted by Crippen LogP contribution is 2.28. The topological polar surface area (TPSA) is 24.9 Å². The van der Waals surface area contributed by atoms with Crippen molar-refractivity contribution >= 4 is 11.6 Å². The van der Waals surface area contributed by atoms with Crippen molar-refractivity contribution in [3.8, 4) is 11.1 Å². The summed E-state index contributed by atoms with van der Waals surface area (Å²) in [5, 5.41) is 4.15. The van der Waals surface area contributed by atoms with E-state index in [0.717, 1.165) is 22.7 Å². The van der Waals surface area contributed by atoms with Gasteiger partial charge in [-0.3, -0.25) is 4.98 Å². The minimum Gasteiger partial charge on any atom is -0.310 e. The van der Waals surface area contributed by atoms with Crippen LogP contribution in [0, 0.1) is 0 Å². The van der Waals surface area contributed by atoms with Crippen molar-refractivity contribution in [3.63, 3.8) is 0 Å². The van der Waals surface area contributed by atoms with E-state index >= 15 is 0 Å². The van der Waals surface area contributed by atoms with Gasteiger partial charge in [0.25, 0.3) is 0 Å². The molecule has 2 aromatic rings. The molecule has 3 heteroatoms. The highest BCUT2D eigenvalue weighted by Gasteiger charge is 2.05. The van der Waals surface area contributed by atoms with Crippen LogP contribution in [0.1, 0.15) is 19.4 Å². The SMILES string of the molecule is CC(C)NCc1ccc(-c2cccnc2)c(Cl)c1. The first kappa shape index (κ1) is 13.1. The van der Waals surface area contributed by atoms with Crippen LogP contribution in [0.25, 0.3) is 11.1 Å². The maximum atomic E-state index is 6.32. The predicted molar refractivity (Wildman–Crippen MR) is 76.7 cm³/mol. The van der Waals surface area contributed by atoms with Gasteiger partial charge in [0.15, 0.2) is 0 Å². The highest BCUT2D eigenvalue weighted by molar-refractivity contribution is 6.33. The molecule has 2 nitrogen and oxygen atoms in total. The zero-order chi connectivity index (χ0) is 13.0. The summed E-state index contributed by atoms with van der Waals surface area (Å²) in [6, 6.07) is 10.6. The Morgan fingerprint density at radius 1 is 1.28 bits per heavy atom. The summed E-state index contributed by atoms with van der Waals surface area (Å²) in [6.45, 7) is 5.10. The summed E-state index contributed by atoms with van der Waals surface area (Å²) in [5.74, 6) is 0. The summed E-state index contributed by atoms with van der Waals surface area (Å²) >= 11 is 6.32. The van der Waals surface area contributed by atoms with Crippen LogP contribution < -0.4 is 5.32 Å². The molecule has 0 radical (unpaired) electrons. The van der Waals surface area contributed by atoms with Crippen LogP contribution >= 0.6 is 11.6 Å². The summed E-state index contributed by atoms with van der Waals surface area (Å²) in [6.07, 6.45) is 3.59. The molecule has 0 aliphatic rings. The van der Waals surface area contributed by atoms with Gasteiger partial charge in [-0.1, -0.05) is 43.6 Å². The van der Waals surface area contributed by atoms with E-state index < -0.39 is 0 Å². The van der Waals surface area contributed by atoms with E-state index in [1.54, 1.807) is 6.20 Å². The fraction of sp³-hybridized carbons (Fsp3) is 0.267. The Morgan fingerprint density at radius 2 is 2.11 bits per heavy atom. The van der Waals surface area contributed by atoms with Crippen LogP contribution in [-0.2, 0) is 6.54 Å². The maximum Gasteiger partial charge on any atom is 0.0488 e. The molecule has 0 amide bonds. The number of halogens is 1. The minimum atomic E-state index is 0.474. The van der Waals surface area contributed by atoms with E-state index in [1.165, 1.54) is 5.56 Å². The van der Waals surface area contributed by atoms with Crippen LogP contribution in [0.5, 0.6) is 0 Å². The first-order valence-corrected chi connectivity index (χ1v) is 6.47. The normalized spacial score (nSPS) is 10.9. The van der Waals surface area contributed by atoms with Gasteiger partial charge in [0.2, 0.25) is 0 Å². The largest absolute Gasteiger partial charge is 0.310 e. The van der Waals surface area contributed by atoms with Crippen LogP contribution in [0.2, 0.25) is 5.02 Å². The molecule has 0 unspecified atom stereocenters. The van der Waals surface area contributed by atoms with Crippen LogP contribution in [0.15, 0.2) is 42.7 Å². The first-order valence-electron chi connectivity index (χ1n) is 6.09. The smallest absolute Gasteiger partial charge is 0.0488 e. The Kier molecular flexibility index (Phi) is 4.34. The second-order valence-electron chi connectivity index (χ2n) is 4.59. The maximum absolute atomic E-state index is 6.32. The van der Waals surface area contributed by atoms with Crippen LogP contribution in [0.4, 0.5) is 0 Å². The van der Waals surface area contributed by atoms with E-state index in [-0.39, 0.29) is 0 Å². The van der Waals surface area contributed by atoms with Crippen molar-refractivity contribution in [2.75, 3.05) is 0 Å². The number of pyridine rings is 1. The first-order chi connectivity index (χ1) is 8.66. The van der Waals surface area contributed by atoms with Crippen molar-refractivity contribution in [1.82, 2.24) is 10.3 Å². The number of nitrogens with zero attached hydrogens (tertiary/aromatic N) is 1. The molecule has 0 aliphatic carbocycles. The fourth-order valence-corrected chi connectivity index (χ4v) is 2.06. The monoisotopic (exact) mass is 260 g/mol. The highest BCUT2D eigenvalue weighted by atomic mass is 35.5. The summed E-state index contributed by atoms with van der Waals surface area (Å²) in [5.41, 5.74) is 3.27. The number of rotatable bonds is 4. The standard InChI is InChI=1S/C15H17ClN2/c1-11(2)18-9-12-5-6-14(15(16)8-12)13-4-3-7-17-10-13/h3-8,10-11,18H,9H2,1-2H3. The van der Waals surface area contributed by atoms with Crippen LogP contribution in [-0.4, -0.2) is 11.0 Å². The molecule has 0 atom stereocenters. The van der Waals surface area contributed by atoms with Crippen molar-refractivity contribution < 1.29 is 0 Å². The van der Waals surface area contributed by atoms with Gasteiger partial charge in [-0.05, 0) is 17.7 Å². The molecule has 18 heavy (non-hydrogen) atoms. The lowest BCUT2D eigenvalue weighted by Crippen LogP contribution is -2.21. The average molecular weight is 261 g/mol. The third-order valence-electron chi connectivity index (χ3n) is 2.72. The molecule has 0 fully saturated rings. The van der Waals surface area contributed by atoms with Gasteiger partial charge in [-0.15, -0.1) is 0 Å². The number of hydrogen-bond acceptors (Lipinski definition) is 2. The number of benzene rings is 1. The molecule has 1 aromatic heterocycles. The van der Waals surface area contributed by atoms with Crippen molar-refractivity contribution in [3.05, 3.63) is 53.3 Å². The quantitative estimate of drug-likeness (QED) is 0.902. The molecule has 0 spiro atoms. The Balaban J connectivity index is 2.20. The molecule has 0 aliphatic heterocycles. The molecular formula is C15H17ClN2. The second-order valence-corrected chi connectivity index (χ2v) is 5.00. The summed E-state index contributed by atoms with van der Waals surface area (Å²) in [4.78, 5) is 4.11. The molecule has 0 saturated heterocycles. The predicted octanol–water partition coefficient (Wildman–Crippen LogP) is 3.90. The van der Waals surface area contributed by atoms with Gasteiger partial charge in [0.1, 0.15) is 0 Å². The van der Waals surface area contributed by atoms with E-state index in [9.17, 15) is 0 Å². The van der Waals surface area contributed by atoms with Crippen molar-refractivity contribution in [2.24, 2.45) is 0 Å². The number of nitrogens with one attached hydrogen (secondary N) is 1. The van der Waals surface area contributed by atoms with E-state index in [1.807, 2.05) is 24.4 Å². The zero-order valence-electron chi connectivity index (χ0n) is 10.7. The lowest BCUT2D eigenvalue weighted by Gasteiger charge is -2.10. The molecule has 2 rings (SSSR count). The molecule has 0 bridgehead atoms. The Labute approximate surface area is 113 Å². The molecule has 1 aromatic carbocycles. The molecule has 0 saturated carbocycles. The average Bonchev–Trinajstić information content (AvgIpc) is 2.37. The summed E-state index contributed by atoms with van der Waals surface area (Å²) in [7, 11) is 0. The molecule has 94 valence electrons. The van der Waals surface area contributed by atoms with E-state index in [0.29, 0.717) is 6.04 Å². The fourth-order valence-electron chi connectivity index (χ4n) is 1.75. The van der Waals surface area contributed by atoms with Crippen molar-refractivity contribution in [2.45, 2.75) is 26.4 Å². The van der Waals surface area contributed by atoms with E-state index in [4.69, 9.17) is 11.6 Å². The Morgan fingerprint density at radius 3 is 2.72 bits per heavy atom. The summed E-state index contributed by atoms with van der Waals surface area (Å²) < 4.78 is 0. The van der Waals surface area contributed by atoms with Gasteiger partial charge >= 0.3 is 0 Å². The minimum absolute atomic E-state index is 0.474. The van der Waals surface area contributed by atoms with Gasteiger partial charge < -0.3 is 5.32 Å². The molecule has 1 heterocycles. The Bertz CT molecular complexity index is 509. The van der Waals surface area contributed by atoms with Gasteiger partial charge in [0, 0.05) is 41.1 Å². The molecule has 1 N–H and O–H groups in total. The van der Waals surface area contributed by atoms with Crippen molar-refractivity contribution in [1.29, 1.82) is 0 Å². The van der Waals surface area contributed by atoms with E-state index in [2.05, 4.69) is 36.3 Å². The lowest BCUT2D eigenvalue weighted by molar-refractivity contribution is 0.589. The zero-order valence-corrected chi connectivity index (χ0v) is 11.4. The molecular weight excluding hydrogens is 244 g/mol. The third-order valence-corrected chi connectivity index (χ3v) is 3.03.